The van der Waals surface area contributed by atoms with Crippen LogP contribution < -0.4 is 5.32 Å². The highest BCUT2D eigenvalue weighted by atomic mass is 35.5. The van der Waals surface area contributed by atoms with Crippen molar-refractivity contribution in [1.82, 2.24) is 9.29 Å². The third-order valence-corrected chi connectivity index (χ3v) is 8.02. The second-order valence-electron chi connectivity index (χ2n) is 6.88. The molecule has 1 atom stereocenters. The lowest BCUT2D eigenvalue weighted by atomic mass is 10.1. The molecule has 0 aliphatic heterocycles. The number of benzene rings is 1. The first-order chi connectivity index (χ1) is 12.8. The molecular weight excluding hydrogens is 400 g/mol. The Labute approximate surface area is 168 Å². The van der Waals surface area contributed by atoms with Crippen LogP contribution in [-0.4, -0.2) is 19.4 Å². The molecule has 27 heavy (non-hydrogen) atoms. The average molecular weight is 421 g/mol. The molecule has 1 N–H and O–H groups in total. The van der Waals surface area contributed by atoms with Crippen molar-refractivity contribution in [1.29, 1.82) is 0 Å². The maximum Gasteiger partial charge on any atom is 0.268 e. The largest absolute Gasteiger partial charge is 0.313 e. The van der Waals surface area contributed by atoms with Gasteiger partial charge in [-0.1, -0.05) is 17.7 Å². The van der Waals surface area contributed by atoms with E-state index in [0.717, 1.165) is 40.1 Å². The molecule has 1 unspecified atom stereocenters. The van der Waals surface area contributed by atoms with Crippen LogP contribution in [-0.2, 0) is 16.4 Å². The van der Waals surface area contributed by atoms with Gasteiger partial charge in [-0.2, -0.15) is 0 Å². The lowest BCUT2D eigenvalue weighted by molar-refractivity contribution is 0.579. The smallest absolute Gasteiger partial charge is 0.268 e. The van der Waals surface area contributed by atoms with Crippen LogP contribution in [0.1, 0.15) is 33.3 Å². The minimum absolute atomic E-state index is 0.176. The molecule has 0 bridgehead atoms. The summed E-state index contributed by atoms with van der Waals surface area (Å²) in [7, 11) is -1.83. The third-order valence-electron chi connectivity index (χ3n) is 5.17. The molecule has 3 aromatic rings. The maximum atomic E-state index is 13.5. The van der Waals surface area contributed by atoms with Crippen molar-refractivity contribution in [2.45, 2.75) is 37.6 Å². The van der Waals surface area contributed by atoms with Gasteiger partial charge in [0.2, 0.25) is 0 Å². The number of thiophene rings is 1. The van der Waals surface area contributed by atoms with Gasteiger partial charge in [-0.15, -0.1) is 11.3 Å². The van der Waals surface area contributed by atoms with E-state index >= 15 is 0 Å². The second-order valence-corrected chi connectivity index (χ2v) is 10.6. The van der Waals surface area contributed by atoms with E-state index < -0.39 is 10.0 Å². The van der Waals surface area contributed by atoms with Gasteiger partial charge in [-0.3, -0.25) is 0 Å². The highest BCUT2D eigenvalue weighted by molar-refractivity contribution is 7.90. The number of nitrogens with zero attached hydrogens (tertiary/aromatic N) is 1. The zero-order chi connectivity index (χ0) is 19.3. The Morgan fingerprint density at radius 3 is 2.67 bits per heavy atom. The SMILES string of the molecule is CNC1CCc2c1cn(S(=O)(=O)c1cccc(Cl)c1)c2-c1cc(C)sc1C. The standard InChI is InChI=1S/C20H21ClN2O2S2/c1-12-9-17(13(2)26-12)20-16-7-8-19(22-3)18(16)11-23(20)27(24,25)15-6-4-5-14(21)10-15/h4-6,9-11,19,22H,7-8H2,1-3H3. The molecular formula is C20H21ClN2O2S2. The van der Waals surface area contributed by atoms with Gasteiger partial charge in [0.05, 0.1) is 10.6 Å². The summed E-state index contributed by atoms with van der Waals surface area (Å²) in [5.41, 5.74) is 3.99. The predicted octanol–water partition coefficient (Wildman–Crippen LogP) is 4.93. The average Bonchev–Trinajstić information content (AvgIpc) is 3.27. The number of aromatic nitrogens is 1. The Morgan fingerprint density at radius 1 is 1.26 bits per heavy atom. The molecule has 142 valence electrons. The number of nitrogens with one attached hydrogen (secondary N) is 1. The Bertz CT molecular complexity index is 1130. The normalized spacial score (nSPS) is 16.7. The molecule has 1 aromatic carbocycles. The van der Waals surface area contributed by atoms with Crippen LogP contribution in [0.4, 0.5) is 0 Å². The molecule has 0 fully saturated rings. The van der Waals surface area contributed by atoms with Crippen LogP contribution in [0, 0.1) is 13.8 Å². The summed E-state index contributed by atoms with van der Waals surface area (Å²) in [6.45, 7) is 4.10. The Kier molecular flexibility index (Phi) is 4.71. The van der Waals surface area contributed by atoms with Crippen LogP contribution in [0.15, 0.2) is 41.4 Å². The molecule has 0 amide bonds. The summed E-state index contributed by atoms with van der Waals surface area (Å²) in [6.07, 6.45) is 3.64. The van der Waals surface area contributed by atoms with Crippen molar-refractivity contribution in [3.8, 4) is 11.3 Å². The molecule has 2 heterocycles. The van der Waals surface area contributed by atoms with Crippen molar-refractivity contribution >= 4 is 33.0 Å². The van der Waals surface area contributed by atoms with Crippen molar-refractivity contribution in [3.63, 3.8) is 0 Å². The molecule has 4 nitrogen and oxygen atoms in total. The lowest BCUT2D eigenvalue weighted by Crippen LogP contribution is -2.16. The van der Waals surface area contributed by atoms with Gasteiger partial charge in [0, 0.05) is 32.6 Å². The van der Waals surface area contributed by atoms with E-state index in [0.29, 0.717) is 5.02 Å². The predicted molar refractivity (Wildman–Crippen MR) is 111 cm³/mol. The highest BCUT2D eigenvalue weighted by Crippen LogP contribution is 2.43. The zero-order valence-electron chi connectivity index (χ0n) is 15.4. The summed E-state index contributed by atoms with van der Waals surface area (Å²) < 4.78 is 28.4. The Morgan fingerprint density at radius 2 is 2.04 bits per heavy atom. The van der Waals surface area contributed by atoms with Crippen molar-refractivity contribution in [3.05, 3.63) is 62.4 Å². The third kappa shape index (κ3) is 3.05. The molecule has 2 aromatic heterocycles. The van der Waals surface area contributed by atoms with Crippen LogP contribution >= 0.6 is 22.9 Å². The molecule has 4 rings (SSSR count). The summed E-state index contributed by atoms with van der Waals surface area (Å²) in [5.74, 6) is 0. The summed E-state index contributed by atoms with van der Waals surface area (Å²) in [5, 5.41) is 3.72. The topological polar surface area (TPSA) is 51.1 Å². The van der Waals surface area contributed by atoms with E-state index in [-0.39, 0.29) is 10.9 Å². The fraction of sp³-hybridized carbons (Fsp3) is 0.300. The van der Waals surface area contributed by atoms with Crippen molar-refractivity contribution in [2.75, 3.05) is 7.05 Å². The number of halogens is 1. The van der Waals surface area contributed by atoms with Crippen LogP contribution in [0.5, 0.6) is 0 Å². The summed E-state index contributed by atoms with van der Waals surface area (Å²) in [6, 6.07) is 8.72. The second kappa shape index (κ2) is 6.78. The van der Waals surface area contributed by atoms with Gasteiger partial charge in [0.15, 0.2) is 0 Å². The first-order valence-corrected chi connectivity index (χ1v) is 11.5. The quantitative estimate of drug-likeness (QED) is 0.651. The molecule has 0 saturated carbocycles. The minimum Gasteiger partial charge on any atom is -0.313 e. The van der Waals surface area contributed by atoms with Crippen molar-refractivity contribution in [2.24, 2.45) is 0 Å². The zero-order valence-corrected chi connectivity index (χ0v) is 17.8. The first-order valence-electron chi connectivity index (χ1n) is 8.83. The number of hydrogen-bond donors (Lipinski definition) is 1. The van der Waals surface area contributed by atoms with Gasteiger partial charge in [0.25, 0.3) is 10.0 Å². The summed E-state index contributed by atoms with van der Waals surface area (Å²) in [4.78, 5) is 2.51. The van der Waals surface area contributed by atoms with E-state index in [9.17, 15) is 8.42 Å². The first kappa shape index (κ1) is 18.7. The van der Waals surface area contributed by atoms with Crippen LogP contribution in [0.3, 0.4) is 0 Å². The minimum atomic E-state index is -3.75. The van der Waals surface area contributed by atoms with E-state index in [4.69, 9.17) is 11.6 Å². The molecule has 1 aliphatic rings. The number of hydrogen-bond acceptors (Lipinski definition) is 4. The molecule has 1 aliphatic carbocycles. The van der Waals surface area contributed by atoms with Gasteiger partial charge in [0.1, 0.15) is 0 Å². The molecule has 7 heteroatoms. The monoisotopic (exact) mass is 420 g/mol. The van der Waals surface area contributed by atoms with Gasteiger partial charge in [-0.05, 0) is 69.1 Å². The van der Waals surface area contributed by atoms with Crippen LogP contribution in [0.25, 0.3) is 11.3 Å². The van der Waals surface area contributed by atoms with Crippen molar-refractivity contribution < 1.29 is 8.42 Å². The fourth-order valence-electron chi connectivity index (χ4n) is 3.92. The molecule has 0 saturated heterocycles. The number of aryl methyl sites for hydroxylation is 2. The van der Waals surface area contributed by atoms with E-state index in [1.54, 1.807) is 35.7 Å². The van der Waals surface area contributed by atoms with Gasteiger partial charge in [-0.25, -0.2) is 12.4 Å². The fourth-order valence-corrected chi connectivity index (χ4v) is 6.56. The molecule has 0 radical (unpaired) electrons. The number of fused-ring (bicyclic) bond motifs is 1. The summed E-state index contributed by atoms with van der Waals surface area (Å²) >= 11 is 7.75. The maximum absolute atomic E-state index is 13.5. The van der Waals surface area contributed by atoms with E-state index in [1.165, 1.54) is 14.9 Å². The lowest BCUT2D eigenvalue weighted by Gasteiger charge is -2.13. The molecule has 0 spiro atoms. The van der Waals surface area contributed by atoms with Gasteiger partial charge >= 0.3 is 0 Å². The highest BCUT2D eigenvalue weighted by Gasteiger charge is 2.33. The Balaban J connectivity index is 2.00. The van der Waals surface area contributed by atoms with Gasteiger partial charge < -0.3 is 5.32 Å². The number of rotatable bonds is 4. The van der Waals surface area contributed by atoms with E-state index in [1.807, 2.05) is 14.0 Å². The van der Waals surface area contributed by atoms with Crippen LogP contribution in [0.2, 0.25) is 5.02 Å². The Hall–Kier alpha value is -1.60. The van der Waals surface area contributed by atoms with E-state index in [2.05, 4.69) is 18.3 Å².